The molecule has 2 heterocycles. The predicted octanol–water partition coefficient (Wildman–Crippen LogP) is 1.20. The Kier molecular flexibility index (Phi) is 4.61. The van der Waals surface area contributed by atoms with Gasteiger partial charge in [-0.05, 0) is 18.4 Å². The molecule has 0 saturated carbocycles. The number of hydrogen-bond donors (Lipinski definition) is 1. The van der Waals surface area contributed by atoms with Gasteiger partial charge in [-0.2, -0.15) is 0 Å². The van der Waals surface area contributed by atoms with Crippen molar-refractivity contribution in [3.63, 3.8) is 0 Å². The Morgan fingerprint density at radius 2 is 1.96 bits per heavy atom. The molecule has 1 saturated heterocycles. The lowest BCUT2D eigenvalue weighted by atomic mass is 9.76. The Morgan fingerprint density at radius 3 is 2.68 bits per heavy atom. The highest BCUT2D eigenvalue weighted by molar-refractivity contribution is 5.78. The van der Waals surface area contributed by atoms with Crippen molar-refractivity contribution in [2.45, 2.75) is 31.6 Å². The van der Waals surface area contributed by atoms with E-state index in [9.17, 15) is 14.4 Å². The topological polar surface area (TPSA) is 75.2 Å². The van der Waals surface area contributed by atoms with Crippen molar-refractivity contribution in [3.05, 3.63) is 68.5 Å². The van der Waals surface area contributed by atoms with Gasteiger partial charge in [0.2, 0.25) is 5.91 Å². The van der Waals surface area contributed by atoms with Crippen molar-refractivity contribution in [3.8, 4) is 0 Å². The van der Waals surface area contributed by atoms with Crippen LogP contribution in [0, 0.1) is 0 Å². The van der Waals surface area contributed by atoms with Crippen LogP contribution in [-0.2, 0) is 23.7 Å². The maximum atomic E-state index is 12.7. The van der Waals surface area contributed by atoms with Crippen LogP contribution in [0.3, 0.4) is 0 Å². The molecule has 1 fully saturated rings. The number of carbonyl (C=O) groups is 1. The molecular formula is C19H23N3O3. The first-order chi connectivity index (χ1) is 11.9. The van der Waals surface area contributed by atoms with Gasteiger partial charge in [0.1, 0.15) is 0 Å². The molecule has 1 aromatic carbocycles. The minimum atomic E-state index is -0.476. The first-order valence-corrected chi connectivity index (χ1v) is 8.52. The number of aromatic nitrogens is 2. The Balaban J connectivity index is 1.78. The number of nitrogens with one attached hydrogen (secondary N) is 1. The molecule has 25 heavy (non-hydrogen) atoms. The van der Waals surface area contributed by atoms with Gasteiger partial charge in [-0.3, -0.25) is 14.2 Å². The van der Waals surface area contributed by atoms with E-state index in [0.29, 0.717) is 18.7 Å². The molecule has 1 aliphatic heterocycles. The molecular weight excluding hydrogens is 318 g/mol. The first-order valence-electron chi connectivity index (χ1n) is 8.52. The Morgan fingerprint density at radius 1 is 1.24 bits per heavy atom. The summed E-state index contributed by atoms with van der Waals surface area (Å²) in [5.74, 6) is -0.0778. The fraction of sp³-hybridized carbons (Fsp3) is 0.421. The van der Waals surface area contributed by atoms with Crippen molar-refractivity contribution < 1.29 is 4.79 Å². The second-order valence-corrected chi connectivity index (χ2v) is 7.01. The predicted molar refractivity (Wildman–Crippen MR) is 95.6 cm³/mol. The Bertz CT molecular complexity index is 885. The highest BCUT2D eigenvalue weighted by Crippen LogP contribution is 2.33. The molecule has 1 N–H and O–H groups in total. The fourth-order valence-corrected chi connectivity index (χ4v) is 3.54. The highest BCUT2D eigenvalue weighted by Gasteiger charge is 2.34. The molecule has 1 aromatic heterocycles. The standard InChI is InChI=1S/C19H23N3O3/c1-19(15-7-4-3-5-8-15)9-6-10-22(13-19)16(23)11-14-12-20-18(25)21(2)17(14)24/h3-5,7-8,12H,6,9-11,13H2,1-2H3,(H,20,25)/t19-/m1/s1. The summed E-state index contributed by atoms with van der Waals surface area (Å²) in [5, 5.41) is 0. The van der Waals surface area contributed by atoms with Crippen molar-refractivity contribution in [2.24, 2.45) is 7.05 Å². The number of carbonyl (C=O) groups excluding carboxylic acids is 1. The molecule has 1 aliphatic rings. The molecule has 0 unspecified atom stereocenters. The summed E-state index contributed by atoms with van der Waals surface area (Å²) in [6.07, 6.45) is 3.32. The van der Waals surface area contributed by atoms with Crippen molar-refractivity contribution in [1.82, 2.24) is 14.5 Å². The van der Waals surface area contributed by atoms with Gasteiger partial charge in [0.15, 0.2) is 0 Å². The molecule has 6 heteroatoms. The van der Waals surface area contributed by atoms with Gasteiger partial charge in [-0.1, -0.05) is 37.3 Å². The van der Waals surface area contributed by atoms with Gasteiger partial charge in [0.25, 0.3) is 5.56 Å². The summed E-state index contributed by atoms with van der Waals surface area (Å²) >= 11 is 0. The maximum Gasteiger partial charge on any atom is 0.328 e. The van der Waals surface area contributed by atoms with E-state index in [1.807, 2.05) is 23.1 Å². The molecule has 0 spiro atoms. The Hall–Kier alpha value is -2.63. The smallest absolute Gasteiger partial charge is 0.328 e. The van der Waals surface area contributed by atoms with E-state index in [0.717, 1.165) is 17.4 Å². The second kappa shape index (κ2) is 6.70. The van der Waals surface area contributed by atoms with Crippen molar-refractivity contribution >= 4 is 5.91 Å². The van der Waals surface area contributed by atoms with Gasteiger partial charge < -0.3 is 9.88 Å². The SMILES string of the molecule is Cn1c(=O)[nH]cc(CC(=O)N2CCC[C@@](C)(c3ccccc3)C2)c1=O. The van der Waals surface area contributed by atoms with Crippen LogP contribution in [0.15, 0.2) is 46.1 Å². The van der Waals surface area contributed by atoms with Gasteiger partial charge in [0, 0.05) is 37.3 Å². The molecule has 0 bridgehead atoms. The molecule has 1 atom stereocenters. The van der Waals surface area contributed by atoms with E-state index in [2.05, 4.69) is 24.0 Å². The fourth-order valence-electron chi connectivity index (χ4n) is 3.54. The van der Waals surface area contributed by atoms with E-state index < -0.39 is 11.2 Å². The van der Waals surface area contributed by atoms with Gasteiger partial charge >= 0.3 is 5.69 Å². The largest absolute Gasteiger partial charge is 0.342 e. The third-order valence-corrected chi connectivity index (χ3v) is 5.12. The zero-order chi connectivity index (χ0) is 18.0. The van der Waals surface area contributed by atoms with Gasteiger partial charge in [-0.15, -0.1) is 0 Å². The van der Waals surface area contributed by atoms with E-state index in [-0.39, 0.29) is 17.7 Å². The third-order valence-electron chi connectivity index (χ3n) is 5.12. The lowest BCUT2D eigenvalue weighted by molar-refractivity contribution is -0.132. The van der Waals surface area contributed by atoms with E-state index >= 15 is 0 Å². The molecule has 132 valence electrons. The lowest BCUT2D eigenvalue weighted by Gasteiger charge is -2.41. The zero-order valence-corrected chi connectivity index (χ0v) is 14.6. The van der Waals surface area contributed by atoms with Gasteiger partial charge in [-0.25, -0.2) is 4.79 Å². The average molecular weight is 341 g/mol. The number of amides is 1. The summed E-state index contributed by atoms with van der Waals surface area (Å²) in [4.78, 5) is 40.6. The highest BCUT2D eigenvalue weighted by atomic mass is 16.2. The van der Waals surface area contributed by atoms with Crippen LogP contribution in [0.1, 0.15) is 30.9 Å². The minimum Gasteiger partial charge on any atom is -0.342 e. The van der Waals surface area contributed by atoms with Crippen LogP contribution in [0.4, 0.5) is 0 Å². The summed E-state index contributed by atoms with van der Waals surface area (Å²) in [6.45, 7) is 3.52. The lowest BCUT2D eigenvalue weighted by Crippen LogP contribution is -2.48. The molecule has 3 rings (SSSR count). The van der Waals surface area contributed by atoms with Crippen LogP contribution in [0.25, 0.3) is 0 Å². The number of aromatic amines is 1. The first kappa shape index (κ1) is 17.2. The summed E-state index contributed by atoms with van der Waals surface area (Å²) in [6, 6.07) is 10.2. The van der Waals surface area contributed by atoms with Crippen LogP contribution < -0.4 is 11.2 Å². The maximum absolute atomic E-state index is 12.7. The van der Waals surface area contributed by atoms with Crippen molar-refractivity contribution in [2.75, 3.05) is 13.1 Å². The van der Waals surface area contributed by atoms with Crippen LogP contribution >= 0.6 is 0 Å². The molecule has 1 amide bonds. The third kappa shape index (κ3) is 3.43. The molecule has 2 aromatic rings. The van der Waals surface area contributed by atoms with E-state index in [1.54, 1.807) is 0 Å². The number of H-pyrrole nitrogens is 1. The molecule has 6 nitrogen and oxygen atoms in total. The van der Waals surface area contributed by atoms with Crippen LogP contribution in [0.2, 0.25) is 0 Å². The van der Waals surface area contributed by atoms with Crippen molar-refractivity contribution in [1.29, 1.82) is 0 Å². The number of piperidine rings is 1. The zero-order valence-electron chi connectivity index (χ0n) is 14.6. The summed E-state index contributed by atoms with van der Waals surface area (Å²) in [5.41, 5.74) is 0.577. The van der Waals surface area contributed by atoms with Crippen LogP contribution in [-0.4, -0.2) is 33.4 Å². The van der Waals surface area contributed by atoms with E-state index in [1.165, 1.54) is 18.8 Å². The number of rotatable bonds is 3. The Labute approximate surface area is 146 Å². The number of likely N-dealkylation sites (tertiary alicyclic amines) is 1. The molecule has 0 aliphatic carbocycles. The van der Waals surface area contributed by atoms with Gasteiger partial charge in [0.05, 0.1) is 6.42 Å². The van der Waals surface area contributed by atoms with Crippen LogP contribution in [0.5, 0.6) is 0 Å². The second-order valence-electron chi connectivity index (χ2n) is 7.01. The quantitative estimate of drug-likeness (QED) is 0.911. The molecule has 0 radical (unpaired) electrons. The monoisotopic (exact) mass is 341 g/mol. The summed E-state index contributed by atoms with van der Waals surface area (Å²) in [7, 11) is 1.41. The number of hydrogen-bond acceptors (Lipinski definition) is 3. The number of benzene rings is 1. The summed E-state index contributed by atoms with van der Waals surface area (Å²) < 4.78 is 0.993. The average Bonchev–Trinajstić information content (AvgIpc) is 2.63. The normalized spacial score (nSPS) is 20.5. The minimum absolute atomic E-state index is 0.00826. The van der Waals surface area contributed by atoms with E-state index in [4.69, 9.17) is 0 Å². The number of nitrogens with zero attached hydrogens (tertiary/aromatic N) is 2.